The molecule has 1 unspecified atom stereocenters. The van der Waals surface area contributed by atoms with Gasteiger partial charge in [0.05, 0.1) is 6.04 Å². The number of hydrogen-bond donors (Lipinski definition) is 2. The van der Waals surface area contributed by atoms with Gasteiger partial charge in [-0.05, 0) is 77.6 Å². The Bertz CT molecular complexity index is 1070. The Kier molecular flexibility index (Phi) is 5.53. The summed E-state index contributed by atoms with van der Waals surface area (Å²) in [4.78, 5) is 13.0. The van der Waals surface area contributed by atoms with Crippen molar-refractivity contribution in [2.45, 2.75) is 18.9 Å². The number of nitrogens with zero attached hydrogens (tertiary/aromatic N) is 1. The van der Waals surface area contributed by atoms with Crippen LogP contribution < -0.4 is 4.90 Å². The molecule has 2 N–H and O–H groups in total. The zero-order valence-electron chi connectivity index (χ0n) is 16.3. The lowest BCUT2D eigenvalue weighted by molar-refractivity contribution is -0.131. The lowest BCUT2D eigenvalue weighted by Gasteiger charge is -2.39. The first-order valence-electron chi connectivity index (χ1n) is 9.83. The number of anilines is 1. The van der Waals surface area contributed by atoms with Crippen molar-refractivity contribution in [3.8, 4) is 5.75 Å². The molecule has 4 rings (SSSR count). The number of carboxylic acid groups (broad SMARTS) is 1. The topological polar surface area (TPSA) is 60.8 Å². The van der Waals surface area contributed by atoms with Crippen LogP contribution in [0.4, 0.5) is 10.1 Å². The van der Waals surface area contributed by atoms with Crippen LogP contribution >= 0.6 is 0 Å². The number of aliphatic carboxylic acids is 1. The summed E-state index contributed by atoms with van der Waals surface area (Å²) in [5, 5.41) is 18.7. The minimum Gasteiger partial charge on any atom is -0.508 e. The standard InChI is InChI=1S/C25H22FNO3/c26-20-6-8-21(9-7-20)27-14-13-19-16-22(28)10-11-23(19)24(27)15-18-3-1-17(2-4-18)5-12-25(29)30/h1-12,16,24,28H,13-15H2,(H,29,30). The Morgan fingerprint density at radius 3 is 2.50 bits per heavy atom. The molecule has 0 amide bonds. The van der Waals surface area contributed by atoms with Crippen LogP contribution in [-0.4, -0.2) is 22.7 Å². The van der Waals surface area contributed by atoms with Crippen molar-refractivity contribution in [2.24, 2.45) is 0 Å². The van der Waals surface area contributed by atoms with Gasteiger partial charge in [-0.2, -0.15) is 0 Å². The number of benzene rings is 3. The fraction of sp³-hybridized carbons (Fsp3) is 0.160. The van der Waals surface area contributed by atoms with Crippen molar-refractivity contribution in [1.82, 2.24) is 0 Å². The normalized spacial score (nSPS) is 15.9. The van der Waals surface area contributed by atoms with E-state index in [1.807, 2.05) is 36.4 Å². The van der Waals surface area contributed by atoms with E-state index in [9.17, 15) is 14.3 Å². The van der Waals surface area contributed by atoms with Crippen LogP contribution in [-0.2, 0) is 17.6 Å². The Hall–Kier alpha value is -3.60. The van der Waals surface area contributed by atoms with E-state index in [1.165, 1.54) is 12.1 Å². The van der Waals surface area contributed by atoms with Gasteiger partial charge in [0.1, 0.15) is 11.6 Å². The van der Waals surface area contributed by atoms with Crippen LogP contribution in [0, 0.1) is 5.82 Å². The number of halogens is 1. The Balaban J connectivity index is 1.65. The Labute approximate surface area is 174 Å². The van der Waals surface area contributed by atoms with Gasteiger partial charge in [0.25, 0.3) is 0 Å². The summed E-state index contributed by atoms with van der Waals surface area (Å²) >= 11 is 0. The van der Waals surface area contributed by atoms with Crippen LogP contribution in [0.15, 0.2) is 72.8 Å². The monoisotopic (exact) mass is 403 g/mol. The molecule has 5 heteroatoms. The summed E-state index contributed by atoms with van der Waals surface area (Å²) in [5.41, 5.74) is 5.17. The molecule has 1 aliphatic heterocycles. The lowest BCUT2D eigenvalue weighted by Crippen LogP contribution is -2.36. The van der Waals surface area contributed by atoms with Crippen molar-refractivity contribution in [3.05, 3.63) is 101 Å². The molecule has 0 bridgehead atoms. The summed E-state index contributed by atoms with van der Waals surface area (Å²) in [6.45, 7) is 0.770. The molecule has 152 valence electrons. The third-order valence-corrected chi connectivity index (χ3v) is 5.47. The highest BCUT2D eigenvalue weighted by atomic mass is 19.1. The molecule has 0 aromatic heterocycles. The summed E-state index contributed by atoms with van der Waals surface area (Å²) in [6.07, 6.45) is 4.22. The van der Waals surface area contributed by atoms with E-state index in [4.69, 9.17) is 5.11 Å². The molecular weight excluding hydrogens is 381 g/mol. The van der Waals surface area contributed by atoms with Gasteiger partial charge in [0.2, 0.25) is 0 Å². The number of aromatic hydroxyl groups is 1. The first-order chi connectivity index (χ1) is 14.5. The molecular formula is C25H22FNO3. The van der Waals surface area contributed by atoms with Gasteiger partial charge >= 0.3 is 5.97 Å². The number of rotatable bonds is 5. The molecule has 0 aliphatic carbocycles. The molecule has 3 aromatic carbocycles. The van der Waals surface area contributed by atoms with Crippen molar-refractivity contribution >= 4 is 17.7 Å². The first-order valence-corrected chi connectivity index (χ1v) is 9.83. The molecule has 0 spiro atoms. The molecule has 0 radical (unpaired) electrons. The highest BCUT2D eigenvalue weighted by molar-refractivity contribution is 5.85. The molecule has 3 aromatic rings. The van der Waals surface area contributed by atoms with Crippen molar-refractivity contribution in [2.75, 3.05) is 11.4 Å². The predicted octanol–water partition coefficient (Wildman–Crippen LogP) is 4.98. The van der Waals surface area contributed by atoms with Crippen molar-refractivity contribution in [3.63, 3.8) is 0 Å². The van der Waals surface area contributed by atoms with Crippen LogP contribution in [0.3, 0.4) is 0 Å². The van der Waals surface area contributed by atoms with Gasteiger partial charge in [-0.25, -0.2) is 9.18 Å². The fourth-order valence-electron chi connectivity index (χ4n) is 4.02. The zero-order valence-corrected chi connectivity index (χ0v) is 16.3. The maximum absolute atomic E-state index is 13.4. The van der Waals surface area contributed by atoms with Gasteiger partial charge in [-0.1, -0.05) is 30.3 Å². The second-order valence-electron chi connectivity index (χ2n) is 7.44. The van der Waals surface area contributed by atoms with E-state index >= 15 is 0 Å². The zero-order chi connectivity index (χ0) is 21.1. The van der Waals surface area contributed by atoms with Crippen LogP contribution in [0.1, 0.15) is 28.3 Å². The van der Waals surface area contributed by atoms with Crippen molar-refractivity contribution < 1.29 is 19.4 Å². The predicted molar refractivity (Wildman–Crippen MR) is 115 cm³/mol. The van der Waals surface area contributed by atoms with E-state index in [0.717, 1.165) is 53.4 Å². The quantitative estimate of drug-likeness (QED) is 0.590. The largest absolute Gasteiger partial charge is 0.508 e. The van der Waals surface area contributed by atoms with E-state index in [-0.39, 0.29) is 17.6 Å². The van der Waals surface area contributed by atoms with Gasteiger partial charge in [-0.3, -0.25) is 0 Å². The highest BCUT2D eigenvalue weighted by Crippen LogP contribution is 2.37. The van der Waals surface area contributed by atoms with E-state index < -0.39 is 5.97 Å². The smallest absolute Gasteiger partial charge is 0.328 e. The number of carboxylic acids is 1. The summed E-state index contributed by atoms with van der Waals surface area (Å²) < 4.78 is 13.4. The average Bonchev–Trinajstić information content (AvgIpc) is 2.74. The molecule has 0 fully saturated rings. The van der Waals surface area contributed by atoms with Gasteiger partial charge in [0, 0.05) is 18.3 Å². The average molecular weight is 403 g/mol. The number of phenolic OH excluding ortho intramolecular Hbond substituents is 1. The number of carbonyl (C=O) groups is 1. The third-order valence-electron chi connectivity index (χ3n) is 5.47. The number of hydrogen-bond acceptors (Lipinski definition) is 3. The van der Waals surface area contributed by atoms with Gasteiger partial charge < -0.3 is 15.1 Å². The van der Waals surface area contributed by atoms with Crippen molar-refractivity contribution in [1.29, 1.82) is 0 Å². The third kappa shape index (κ3) is 4.35. The second-order valence-corrected chi connectivity index (χ2v) is 7.44. The molecule has 1 heterocycles. The summed E-state index contributed by atoms with van der Waals surface area (Å²) in [7, 11) is 0. The van der Waals surface area contributed by atoms with E-state index in [1.54, 1.807) is 24.3 Å². The molecule has 0 saturated carbocycles. The molecule has 0 saturated heterocycles. The minimum absolute atomic E-state index is 0.0419. The first kappa shape index (κ1) is 19.7. The van der Waals surface area contributed by atoms with Crippen LogP contribution in [0.5, 0.6) is 5.75 Å². The fourth-order valence-corrected chi connectivity index (χ4v) is 4.02. The SMILES string of the molecule is O=C(O)C=Cc1ccc(CC2c3ccc(O)cc3CCN2c2ccc(F)cc2)cc1. The Morgan fingerprint density at radius 1 is 1.07 bits per heavy atom. The molecule has 1 aliphatic rings. The van der Waals surface area contributed by atoms with E-state index in [0.29, 0.717) is 0 Å². The molecule has 1 atom stereocenters. The maximum atomic E-state index is 13.4. The van der Waals surface area contributed by atoms with Crippen LogP contribution in [0.25, 0.3) is 6.08 Å². The lowest BCUT2D eigenvalue weighted by atomic mass is 9.88. The van der Waals surface area contributed by atoms with Gasteiger partial charge in [0.15, 0.2) is 0 Å². The van der Waals surface area contributed by atoms with Gasteiger partial charge in [-0.15, -0.1) is 0 Å². The second kappa shape index (κ2) is 8.41. The molecule has 4 nitrogen and oxygen atoms in total. The minimum atomic E-state index is -0.976. The summed E-state index contributed by atoms with van der Waals surface area (Å²) in [6, 6.07) is 19.9. The number of phenols is 1. The van der Waals surface area contributed by atoms with E-state index in [2.05, 4.69) is 4.90 Å². The summed E-state index contributed by atoms with van der Waals surface area (Å²) in [5.74, 6) is -0.976. The van der Waals surface area contributed by atoms with Crippen LogP contribution in [0.2, 0.25) is 0 Å². The molecule has 30 heavy (non-hydrogen) atoms. The maximum Gasteiger partial charge on any atom is 0.328 e. The highest BCUT2D eigenvalue weighted by Gasteiger charge is 2.28. The number of fused-ring (bicyclic) bond motifs is 1. The Morgan fingerprint density at radius 2 is 1.80 bits per heavy atom.